The van der Waals surface area contributed by atoms with Crippen LogP contribution in [0.2, 0.25) is 0 Å². The first-order valence-corrected chi connectivity index (χ1v) is 8.42. The van der Waals surface area contributed by atoms with Crippen LogP contribution in [0.25, 0.3) is 15.9 Å². The van der Waals surface area contributed by atoms with Crippen molar-refractivity contribution in [1.82, 2.24) is 19.8 Å². The molecule has 0 N–H and O–H groups in total. The summed E-state index contributed by atoms with van der Waals surface area (Å²) >= 11 is 1.46. The van der Waals surface area contributed by atoms with E-state index in [1.807, 2.05) is 11.4 Å². The number of aromatic nitrogens is 4. The van der Waals surface area contributed by atoms with E-state index in [0.29, 0.717) is 0 Å². The first-order valence-electron chi connectivity index (χ1n) is 6.06. The lowest BCUT2D eigenvalue weighted by Crippen LogP contribution is -2.03. The monoisotopic (exact) mass is 316 g/mol. The molecule has 1 aromatic carbocycles. The van der Waals surface area contributed by atoms with Crippen LogP contribution in [0.1, 0.15) is 0 Å². The maximum Gasteiger partial charge on any atom is 0.229 e. The van der Waals surface area contributed by atoms with Crippen molar-refractivity contribution in [3.63, 3.8) is 0 Å². The molecule has 0 fully saturated rings. The van der Waals surface area contributed by atoms with Gasteiger partial charge < -0.3 is 0 Å². The van der Waals surface area contributed by atoms with Crippen LogP contribution in [0.3, 0.4) is 0 Å². The molecule has 0 atom stereocenters. The Morgan fingerprint density at radius 3 is 2.71 bits per heavy atom. The number of sulfone groups is 1. The molecule has 0 saturated carbocycles. The zero-order chi connectivity index (χ0) is 14.4. The van der Waals surface area contributed by atoms with E-state index < -0.39 is 9.84 Å². The SMILES string of the molecule is O=S(=O)(c1ccccc1)c1nnn2c1ncc1ccsc12. The van der Waals surface area contributed by atoms with Crippen molar-refractivity contribution in [3.05, 3.63) is 48.0 Å². The van der Waals surface area contributed by atoms with E-state index in [-0.39, 0.29) is 15.6 Å². The van der Waals surface area contributed by atoms with Crippen LogP contribution in [0.15, 0.2) is 57.9 Å². The van der Waals surface area contributed by atoms with Crippen molar-refractivity contribution < 1.29 is 8.42 Å². The van der Waals surface area contributed by atoms with E-state index in [4.69, 9.17) is 0 Å². The smallest absolute Gasteiger partial charge is 0.229 e. The second-order valence-electron chi connectivity index (χ2n) is 4.39. The molecule has 4 aromatic rings. The van der Waals surface area contributed by atoms with Crippen LogP contribution in [0.5, 0.6) is 0 Å². The van der Waals surface area contributed by atoms with Crippen LogP contribution in [0.4, 0.5) is 0 Å². The Morgan fingerprint density at radius 1 is 1.10 bits per heavy atom. The van der Waals surface area contributed by atoms with Crippen molar-refractivity contribution in [2.75, 3.05) is 0 Å². The van der Waals surface area contributed by atoms with Gasteiger partial charge in [0, 0.05) is 11.6 Å². The first kappa shape index (κ1) is 12.4. The molecule has 0 unspecified atom stereocenters. The van der Waals surface area contributed by atoms with Gasteiger partial charge in [0.25, 0.3) is 0 Å². The van der Waals surface area contributed by atoms with Gasteiger partial charge in [-0.1, -0.05) is 23.4 Å². The summed E-state index contributed by atoms with van der Waals surface area (Å²) in [7, 11) is -3.73. The molecule has 0 aliphatic rings. The molecule has 0 saturated heterocycles. The Kier molecular flexibility index (Phi) is 2.57. The van der Waals surface area contributed by atoms with Crippen molar-refractivity contribution in [3.8, 4) is 0 Å². The van der Waals surface area contributed by atoms with Crippen LogP contribution in [0, 0.1) is 0 Å². The molecular formula is C13H8N4O2S2. The van der Waals surface area contributed by atoms with Crippen LogP contribution < -0.4 is 0 Å². The number of rotatable bonds is 2. The summed E-state index contributed by atoms with van der Waals surface area (Å²) in [6, 6.07) is 10.1. The van der Waals surface area contributed by atoms with Crippen LogP contribution in [-0.4, -0.2) is 28.2 Å². The summed E-state index contributed by atoms with van der Waals surface area (Å²) in [4.78, 5) is 5.20. The minimum absolute atomic E-state index is 0.121. The molecule has 0 aliphatic carbocycles. The molecule has 3 aromatic heterocycles. The molecule has 6 nitrogen and oxygen atoms in total. The van der Waals surface area contributed by atoms with Crippen molar-refractivity contribution in [1.29, 1.82) is 0 Å². The summed E-state index contributed by atoms with van der Waals surface area (Å²) in [5.41, 5.74) is 0.244. The summed E-state index contributed by atoms with van der Waals surface area (Å²) in [5, 5.41) is 10.5. The van der Waals surface area contributed by atoms with Gasteiger partial charge in [-0.05, 0) is 23.6 Å². The third-order valence-corrected chi connectivity index (χ3v) is 5.69. The lowest BCUT2D eigenvalue weighted by atomic mass is 10.4. The quantitative estimate of drug-likeness (QED) is 0.566. The first-order chi connectivity index (χ1) is 10.2. The fraction of sp³-hybridized carbons (Fsp3) is 0. The van der Waals surface area contributed by atoms with E-state index >= 15 is 0 Å². The standard InChI is InChI=1S/C13H8N4O2S2/c18-21(19,10-4-2-1-3-5-10)12-11-14-8-9-6-7-20-13(9)17(11)16-15-12/h1-8H. The number of thiophene rings is 1. The molecule has 8 heteroatoms. The fourth-order valence-electron chi connectivity index (χ4n) is 2.11. The largest absolute Gasteiger partial charge is 0.234 e. The van der Waals surface area contributed by atoms with Gasteiger partial charge in [-0.25, -0.2) is 13.4 Å². The molecule has 0 amide bonds. The highest BCUT2D eigenvalue weighted by molar-refractivity contribution is 7.91. The van der Waals surface area contributed by atoms with Gasteiger partial charge in [-0.2, -0.15) is 4.52 Å². The highest BCUT2D eigenvalue weighted by Gasteiger charge is 2.25. The summed E-state index contributed by atoms with van der Waals surface area (Å²) < 4.78 is 26.7. The molecular weight excluding hydrogens is 308 g/mol. The maximum atomic E-state index is 12.6. The number of hydrogen-bond donors (Lipinski definition) is 0. The van der Waals surface area contributed by atoms with E-state index in [1.54, 1.807) is 24.4 Å². The number of hydrogen-bond acceptors (Lipinski definition) is 6. The number of nitrogens with zero attached hydrogens (tertiary/aromatic N) is 4. The van der Waals surface area contributed by atoms with E-state index in [9.17, 15) is 8.42 Å². The second kappa shape index (κ2) is 4.34. The highest BCUT2D eigenvalue weighted by atomic mass is 32.2. The predicted molar refractivity (Wildman–Crippen MR) is 78.1 cm³/mol. The molecule has 21 heavy (non-hydrogen) atoms. The van der Waals surface area contributed by atoms with Gasteiger partial charge in [-0.3, -0.25) is 0 Å². The topological polar surface area (TPSA) is 77.2 Å². The average Bonchev–Trinajstić information content (AvgIpc) is 3.14. The number of benzene rings is 1. The van der Waals surface area contributed by atoms with Gasteiger partial charge >= 0.3 is 0 Å². The Balaban J connectivity index is 2.03. The maximum absolute atomic E-state index is 12.6. The zero-order valence-corrected chi connectivity index (χ0v) is 12.2. The third-order valence-electron chi connectivity index (χ3n) is 3.12. The normalized spacial score (nSPS) is 12.2. The Hall–Kier alpha value is -2.32. The van der Waals surface area contributed by atoms with Gasteiger partial charge in [-0.15, -0.1) is 16.4 Å². The highest BCUT2D eigenvalue weighted by Crippen LogP contribution is 2.25. The molecule has 0 aliphatic heterocycles. The summed E-state index contributed by atoms with van der Waals surface area (Å²) in [5.74, 6) is 0. The Morgan fingerprint density at radius 2 is 1.90 bits per heavy atom. The predicted octanol–water partition coefficient (Wildman–Crippen LogP) is 2.17. The minimum Gasteiger partial charge on any atom is -0.234 e. The lowest BCUT2D eigenvalue weighted by Gasteiger charge is -2.00. The minimum atomic E-state index is -3.73. The van der Waals surface area contributed by atoms with Crippen LogP contribution in [-0.2, 0) is 9.84 Å². The van der Waals surface area contributed by atoms with Gasteiger partial charge in [0.2, 0.25) is 14.9 Å². The summed E-state index contributed by atoms with van der Waals surface area (Å²) in [6.07, 6.45) is 1.63. The number of fused-ring (bicyclic) bond motifs is 3. The van der Waals surface area contributed by atoms with Gasteiger partial charge in [0.1, 0.15) is 4.83 Å². The Bertz CT molecular complexity index is 1050. The summed E-state index contributed by atoms with van der Waals surface area (Å²) in [6.45, 7) is 0. The second-order valence-corrected chi connectivity index (χ2v) is 7.15. The zero-order valence-electron chi connectivity index (χ0n) is 10.5. The lowest BCUT2D eigenvalue weighted by molar-refractivity contribution is 0.592. The van der Waals surface area contributed by atoms with Gasteiger partial charge in [0.15, 0.2) is 5.65 Å². The molecule has 0 radical (unpaired) electrons. The van der Waals surface area contributed by atoms with Crippen LogP contribution >= 0.6 is 11.3 Å². The Labute approximate surface area is 123 Å². The van der Waals surface area contributed by atoms with E-state index in [1.165, 1.54) is 28.0 Å². The molecule has 0 spiro atoms. The van der Waals surface area contributed by atoms with E-state index in [0.717, 1.165) is 10.2 Å². The van der Waals surface area contributed by atoms with Crippen molar-refractivity contribution >= 4 is 37.0 Å². The van der Waals surface area contributed by atoms with E-state index in [2.05, 4.69) is 15.3 Å². The molecule has 3 heterocycles. The average molecular weight is 316 g/mol. The van der Waals surface area contributed by atoms with Gasteiger partial charge in [0.05, 0.1) is 4.90 Å². The fourth-order valence-corrected chi connectivity index (χ4v) is 4.19. The molecule has 0 bridgehead atoms. The third kappa shape index (κ3) is 1.76. The molecule has 4 rings (SSSR count). The molecule has 104 valence electrons. The van der Waals surface area contributed by atoms with Crippen molar-refractivity contribution in [2.45, 2.75) is 9.92 Å². The van der Waals surface area contributed by atoms with Crippen molar-refractivity contribution in [2.24, 2.45) is 0 Å².